The number of rotatable bonds is 16. The Morgan fingerprint density at radius 1 is 0.590 bits per heavy atom. The van der Waals surface area contributed by atoms with Gasteiger partial charge in [0, 0.05) is 27.6 Å². The Labute approximate surface area is 366 Å². The Hall–Kier alpha value is -4.49. The third kappa shape index (κ3) is 16.4. The number of esters is 1. The predicted octanol–water partition coefficient (Wildman–Crippen LogP) is 5.41. The van der Waals surface area contributed by atoms with E-state index in [2.05, 4.69) is 29.8 Å². The number of nitrogens with zero attached hydrogens (tertiary/aromatic N) is 3. The van der Waals surface area contributed by atoms with Crippen LogP contribution < -0.4 is 16.0 Å². The summed E-state index contributed by atoms with van der Waals surface area (Å²) in [6, 6.07) is 2.88. The molecule has 6 amide bonds. The van der Waals surface area contributed by atoms with Gasteiger partial charge in [0.2, 0.25) is 29.5 Å². The van der Waals surface area contributed by atoms with Gasteiger partial charge in [0.25, 0.3) is 5.91 Å². The lowest BCUT2D eigenvalue weighted by molar-refractivity contribution is -0.162. The van der Waals surface area contributed by atoms with E-state index in [4.69, 9.17) is 4.74 Å². The number of hydrogen-bond acceptors (Lipinski definition) is 8. The maximum Gasteiger partial charge on any atom is 0.329 e. The van der Waals surface area contributed by atoms with Gasteiger partial charge < -0.3 is 35.4 Å². The molecule has 2 rings (SSSR count). The second-order valence-corrected chi connectivity index (χ2v) is 17.9. The zero-order valence-corrected chi connectivity index (χ0v) is 39.3. The van der Waals surface area contributed by atoms with Gasteiger partial charge in [-0.2, -0.15) is 0 Å². The van der Waals surface area contributed by atoms with Crippen molar-refractivity contribution in [2.75, 3.05) is 21.1 Å². The van der Waals surface area contributed by atoms with Crippen LogP contribution in [-0.4, -0.2) is 120 Å². The molecule has 3 N–H and O–H groups in total. The van der Waals surface area contributed by atoms with Crippen LogP contribution in [-0.2, 0) is 44.7 Å². The third-order valence-corrected chi connectivity index (χ3v) is 11.9. The second-order valence-electron chi connectivity index (χ2n) is 17.9. The van der Waals surface area contributed by atoms with E-state index in [-0.39, 0.29) is 49.9 Å². The van der Waals surface area contributed by atoms with Crippen LogP contribution in [0.15, 0.2) is 30.3 Å². The molecular weight excluding hydrogens is 777 g/mol. The first kappa shape index (κ1) is 52.6. The highest BCUT2D eigenvalue weighted by atomic mass is 16.5. The molecule has 0 aromatic heterocycles. The molecule has 9 atom stereocenters. The highest BCUT2D eigenvalue weighted by molar-refractivity contribution is 5.97. The van der Waals surface area contributed by atoms with Crippen molar-refractivity contribution in [2.24, 2.45) is 17.8 Å². The van der Waals surface area contributed by atoms with E-state index in [1.807, 2.05) is 65.0 Å². The summed E-state index contributed by atoms with van der Waals surface area (Å²) in [6.07, 6.45) is 5.79. The molecule has 0 saturated carbocycles. The number of benzene rings is 1. The number of nitrogens with one attached hydrogen (secondary N) is 3. The van der Waals surface area contributed by atoms with Crippen molar-refractivity contribution in [1.29, 1.82) is 0 Å². The molecule has 0 radical (unpaired) electrons. The zero-order valence-electron chi connectivity index (χ0n) is 39.3. The monoisotopic (exact) mass is 855 g/mol. The fraction of sp³-hybridized carbons (Fsp3) is 0.723. The van der Waals surface area contributed by atoms with E-state index in [0.29, 0.717) is 6.42 Å². The minimum atomic E-state index is -1.33. The number of carbonyl (C=O) groups is 7. The van der Waals surface area contributed by atoms with Gasteiger partial charge in [-0.05, 0) is 62.8 Å². The van der Waals surface area contributed by atoms with Gasteiger partial charge in [0.15, 0.2) is 6.10 Å². The Morgan fingerprint density at radius 3 is 1.56 bits per heavy atom. The number of carbonyl (C=O) groups excluding carboxylic acids is 7. The largest absolute Gasteiger partial charge is 0.451 e. The molecule has 14 nitrogen and oxygen atoms in total. The van der Waals surface area contributed by atoms with Gasteiger partial charge >= 0.3 is 5.97 Å². The summed E-state index contributed by atoms with van der Waals surface area (Å²) in [4.78, 5) is 104. The van der Waals surface area contributed by atoms with Crippen molar-refractivity contribution >= 4 is 41.4 Å². The Bertz CT molecular complexity index is 1590. The highest BCUT2D eigenvalue weighted by Crippen LogP contribution is 2.21. The highest BCUT2D eigenvalue weighted by Gasteiger charge is 2.40. The minimum Gasteiger partial charge on any atom is -0.451 e. The third-order valence-electron chi connectivity index (χ3n) is 11.9. The van der Waals surface area contributed by atoms with Crippen LogP contribution in [0.2, 0.25) is 0 Å². The lowest BCUT2D eigenvalue weighted by atomic mass is 9.94. The van der Waals surface area contributed by atoms with Gasteiger partial charge in [-0.15, -0.1) is 0 Å². The lowest BCUT2D eigenvalue weighted by Crippen LogP contribution is -2.60. The van der Waals surface area contributed by atoms with Crippen LogP contribution in [0.3, 0.4) is 0 Å². The first-order valence-corrected chi connectivity index (χ1v) is 22.7. The number of amides is 6. The van der Waals surface area contributed by atoms with Crippen molar-refractivity contribution < 1.29 is 38.3 Å². The van der Waals surface area contributed by atoms with E-state index < -0.39 is 83.8 Å². The molecule has 1 aliphatic heterocycles. The standard InChI is InChI=1S/C47H78N6O8/c1-13-16-22-31(6)27-37-45(58)51(10)33(8)47(60)61-34(9)41(54)49-38(28-32(7)23-17-14-2)46(59)52(11)39(26-30(4)5)42(55)48-36(21-15-3)44(57)53(12)40(43(56)50-37)29-35-24-19-18-20-25-35/h18-20,24-25,30-34,36-40H,13-17,21-23,26-29H2,1-12H3,(H,48,55)(H,49,54)(H,50,56)/t31-,32-,33+,34-,36+,37+,38+,39+,40+/m1/s1. The molecule has 0 unspecified atom stereocenters. The number of unbranched alkanes of at least 4 members (excludes halogenated alkanes) is 2. The van der Waals surface area contributed by atoms with Crippen LogP contribution in [0.25, 0.3) is 0 Å². The SMILES string of the molecule is CCCC[C@@H](C)C[C@@H]1NC(=O)[C@H](Cc2ccccc2)N(C)C(=O)[C@H](CCC)NC(=O)[C@H](CC(C)C)N(C)C(=O)[C@H](C[C@H](C)CCCC)NC(=O)[C@@H](C)OC(=O)[C@H](C)N(C)C1=O. The molecule has 344 valence electrons. The second kappa shape index (κ2) is 26.1. The number of hydrogen-bond donors (Lipinski definition) is 3. The Balaban J connectivity index is 2.80. The van der Waals surface area contributed by atoms with Gasteiger partial charge in [0.1, 0.15) is 36.3 Å². The van der Waals surface area contributed by atoms with E-state index in [1.165, 1.54) is 49.7 Å². The van der Waals surface area contributed by atoms with Crippen molar-refractivity contribution in [3.63, 3.8) is 0 Å². The molecule has 1 aromatic carbocycles. The average Bonchev–Trinajstić information content (AvgIpc) is 3.23. The van der Waals surface area contributed by atoms with Crippen LogP contribution in [0.4, 0.5) is 0 Å². The van der Waals surface area contributed by atoms with Crippen molar-refractivity contribution in [3.05, 3.63) is 35.9 Å². The molecule has 0 bridgehead atoms. The van der Waals surface area contributed by atoms with Crippen LogP contribution >= 0.6 is 0 Å². The van der Waals surface area contributed by atoms with Gasteiger partial charge in [-0.3, -0.25) is 28.8 Å². The molecule has 1 aromatic rings. The summed E-state index contributed by atoms with van der Waals surface area (Å²) in [5.74, 6) is -4.12. The van der Waals surface area contributed by atoms with Crippen LogP contribution in [0.5, 0.6) is 0 Å². The Morgan fingerprint density at radius 2 is 1.05 bits per heavy atom. The molecule has 0 spiro atoms. The van der Waals surface area contributed by atoms with E-state index in [9.17, 15) is 33.6 Å². The van der Waals surface area contributed by atoms with Crippen molar-refractivity contribution in [2.45, 2.75) is 182 Å². The quantitative estimate of drug-likeness (QED) is 0.185. The van der Waals surface area contributed by atoms with Crippen LogP contribution in [0.1, 0.15) is 139 Å². The average molecular weight is 855 g/mol. The van der Waals surface area contributed by atoms with E-state index in [1.54, 1.807) is 0 Å². The maximum absolute atomic E-state index is 14.6. The molecule has 1 fully saturated rings. The van der Waals surface area contributed by atoms with Gasteiger partial charge in [-0.25, -0.2) is 4.79 Å². The molecule has 1 aliphatic rings. The fourth-order valence-electron chi connectivity index (χ4n) is 7.81. The molecule has 1 heterocycles. The Kier molecular flexibility index (Phi) is 22.5. The van der Waals surface area contributed by atoms with Gasteiger partial charge in [-0.1, -0.05) is 124 Å². The van der Waals surface area contributed by atoms with E-state index >= 15 is 0 Å². The lowest BCUT2D eigenvalue weighted by Gasteiger charge is -2.35. The smallest absolute Gasteiger partial charge is 0.329 e. The van der Waals surface area contributed by atoms with Crippen molar-refractivity contribution in [1.82, 2.24) is 30.7 Å². The molecule has 14 heteroatoms. The first-order chi connectivity index (χ1) is 28.8. The van der Waals surface area contributed by atoms with Gasteiger partial charge in [0.05, 0.1) is 0 Å². The van der Waals surface area contributed by atoms with E-state index in [0.717, 1.165) is 44.1 Å². The summed E-state index contributed by atoms with van der Waals surface area (Å²) in [7, 11) is 4.51. The summed E-state index contributed by atoms with van der Waals surface area (Å²) >= 11 is 0. The molecule has 61 heavy (non-hydrogen) atoms. The molecular formula is C47H78N6O8. The first-order valence-electron chi connectivity index (χ1n) is 22.7. The normalized spacial score (nSPS) is 25.7. The number of cyclic esters (lactones) is 1. The minimum absolute atomic E-state index is 0.0244. The summed E-state index contributed by atoms with van der Waals surface area (Å²) in [5.41, 5.74) is 0.782. The summed E-state index contributed by atoms with van der Waals surface area (Å²) in [5, 5.41) is 8.73. The number of likely N-dealkylation sites (N-methyl/N-ethyl adjacent to an activating group) is 3. The fourth-order valence-corrected chi connectivity index (χ4v) is 7.81. The molecule has 0 aliphatic carbocycles. The predicted molar refractivity (Wildman–Crippen MR) is 238 cm³/mol. The topological polar surface area (TPSA) is 175 Å². The van der Waals surface area contributed by atoms with Crippen molar-refractivity contribution in [3.8, 4) is 0 Å². The summed E-state index contributed by atoms with van der Waals surface area (Å²) in [6.45, 7) is 16.8. The summed E-state index contributed by atoms with van der Waals surface area (Å²) < 4.78 is 5.63. The maximum atomic E-state index is 14.6. The number of ether oxygens (including phenoxy) is 1. The van der Waals surface area contributed by atoms with Crippen LogP contribution in [0, 0.1) is 17.8 Å². The zero-order chi connectivity index (χ0) is 46.0. The molecule has 1 saturated heterocycles.